The second kappa shape index (κ2) is 5.77. The predicted octanol–water partition coefficient (Wildman–Crippen LogP) is 2.64. The molecule has 1 aromatic carbocycles. The van der Waals surface area contributed by atoms with Crippen molar-refractivity contribution in [3.63, 3.8) is 0 Å². The summed E-state index contributed by atoms with van der Waals surface area (Å²) in [5.41, 5.74) is 1.01. The molecule has 22 heavy (non-hydrogen) atoms. The second-order valence-electron chi connectivity index (χ2n) is 4.57. The number of nitrogens with zero attached hydrogens (tertiary/aromatic N) is 2. The summed E-state index contributed by atoms with van der Waals surface area (Å²) in [6.45, 7) is 0. The minimum atomic E-state index is -0.428. The van der Waals surface area contributed by atoms with Gasteiger partial charge in [0.05, 0.1) is 24.2 Å². The number of hydrogen-bond acceptors (Lipinski definition) is 4. The molecule has 2 aromatic heterocycles. The van der Waals surface area contributed by atoms with Gasteiger partial charge in [-0.25, -0.2) is 9.37 Å². The van der Waals surface area contributed by atoms with Crippen molar-refractivity contribution in [1.29, 1.82) is 0 Å². The van der Waals surface area contributed by atoms with Gasteiger partial charge in [0.1, 0.15) is 5.82 Å². The Labute approximate surface area is 125 Å². The Hall–Kier alpha value is -3.02. The fourth-order valence-electron chi connectivity index (χ4n) is 2.04. The molecule has 0 fully saturated rings. The number of pyridine rings is 1. The molecule has 0 saturated carbocycles. The van der Waals surface area contributed by atoms with E-state index in [4.69, 9.17) is 4.74 Å². The molecule has 0 bridgehead atoms. The number of ether oxygens (including phenoxy) is 1. The second-order valence-corrected chi connectivity index (χ2v) is 4.57. The number of hydrogen-bond donors (Lipinski definition) is 1. The molecule has 2 heterocycles. The Balaban J connectivity index is 1.97. The van der Waals surface area contributed by atoms with Gasteiger partial charge < -0.3 is 9.72 Å². The summed E-state index contributed by atoms with van der Waals surface area (Å²) in [5.74, 6) is 0.128. The van der Waals surface area contributed by atoms with E-state index in [1.807, 2.05) is 0 Å². The summed E-state index contributed by atoms with van der Waals surface area (Å²) >= 11 is 0. The molecule has 0 aliphatic rings. The highest BCUT2D eigenvalue weighted by atomic mass is 19.1. The third kappa shape index (κ3) is 2.71. The highest BCUT2D eigenvalue weighted by Gasteiger charge is 2.03. The smallest absolute Gasteiger partial charge is 0.259 e. The van der Waals surface area contributed by atoms with Gasteiger partial charge in [0.25, 0.3) is 5.56 Å². The number of aromatic amines is 1. The Kier molecular flexibility index (Phi) is 3.65. The maximum absolute atomic E-state index is 13.3. The SMILES string of the molecule is COc1cc(/C=C/c2nc3cnccc3c(=O)[nH]2)ccc1F. The van der Waals surface area contributed by atoms with Crippen molar-refractivity contribution in [2.45, 2.75) is 0 Å². The van der Waals surface area contributed by atoms with Crippen molar-refractivity contribution >= 4 is 23.1 Å². The lowest BCUT2D eigenvalue weighted by Crippen LogP contribution is -2.09. The summed E-state index contributed by atoms with van der Waals surface area (Å²) < 4.78 is 18.3. The quantitative estimate of drug-likeness (QED) is 0.807. The van der Waals surface area contributed by atoms with Crippen LogP contribution in [0.15, 0.2) is 41.5 Å². The number of nitrogens with one attached hydrogen (secondary N) is 1. The minimum absolute atomic E-state index is 0.159. The number of rotatable bonds is 3. The average molecular weight is 297 g/mol. The van der Waals surface area contributed by atoms with Gasteiger partial charge in [-0.05, 0) is 29.8 Å². The van der Waals surface area contributed by atoms with Crippen LogP contribution in [0, 0.1) is 5.82 Å². The number of methoxy groups -OCH3 is 1. The first-order valence-electron chi connectivity index (χ1n) is 6.53. The molecular weight excluding hydrogens is 285 g/mol. The maximum atomic E-state index is 13.3. The van der Waals surface area contributed by atoms with E-state index < -0.39 is 5.82 Å². The number of aromatic nitrogens is 3. The van der Waals surface area contributed by atoms with Crippen LogP contribution in [-0.2, 0) is 0 Å². The zero-order chi connectivity index (χ0) is 15.5. The van der Waals surface area contributed by atoms with E-state index in [1.165, 1.54) is 19.4 Å². The zero-order valence-electron chi connectivity index (χ0n) is 11.7. The normalized spacial score (nSPS) is 11.2. The number of fused-ring (bicyclic) bond motifs is 1. The van der Waals surface area contributed by atoms with Gasteiger partial charge in [-0.1, -0.05) is 12.1 Å². The van der Waals surface area contributed by atoms with Gasteiger partial charge in [0.2, 0.25) is 0 Å². The van der Waals surface area contributed by atoms with E-state index in [0.29, 0.717) is 16.7 Å². The van der Waals surface area contributed by atoms with E-state index >= 15 is 0 Å². The van der Waals surface area contributed by atoms with Gasteiger partial charge in [-0.3, -0.25) is 9.78 Å². The summed E-state index contributed by atoms with van der Waals surface area (Å²) in [7, 11) is 1.40. The number of halogens is 1. The van der Waals surface area contributed by atoms with E-state index in [1.54, 1.807) is 36.5 Å². The van der Waals surface area contributed by atoms with Crippen LogP contribution in [0.1, 0.15) is 11.4 Å². The van der Waals surface area contributed by atoms with Crippen molar-refractivity contribution in [2.24, 2.45) is 0 Å². The molecule has 6 heteroatoms. The first-order valence-corrected chi connectivity index (χ1v) is 6.53. The highest BCUT2D eigenvalue weighted by Crippen LogP contribution is 2.19. The Morgan fingerprint density at radius 2 is 2.14 bits per heavy atom. The standard InChI is InChI=1S/C16H12FN3O2/c1-22-14-8-10(2-4-12(14)17)3-5-15-19-13-9-18-7-6-11(13)16(21)20-15/h2-9H,1H3,(H,19,20,21)/b5-3+. The lowest BCUT2D eigenvalue weighted by atomic mass is 10.2. The molecule has 0 amide bonds. The third-order valence-corrected chi connectivity index (χ3v) is 3.14. The van der Waals surface area contributed by atoms with Crippen molar-refractivity contribution in [1.82, 2.24) is 15.0 Å². The Bertz CT molecular complexity index is 919. The molecule has 0 atom stereocenters. The third-order valence-electron chi connectivity index (χ3n) is 3.14. The van der Waals surface area contributed by atoms with Crippen LogP contribution in [0.4, 0.5) is 4.39 Å². The van der Waals surface area contributed by atoms with Crippen LogP contribution >= 0.6 is 0 Å². The topological polar surface area (TPSA) is 67.9 Å². The predicted molar refractivity (Wildman–Crippen MR) is 82.0 cm³/mol. The van der Waals surface area contributed by atoms with Gasteiger partial charge in [-0.2, -0.15) is 0 Å². The Morgan fingerprint density at radius 1 is 1.27 bits per heavy atom. The molecule has 3 aromatic rings. The molecule has 0 unspecified atom stereocenters. The molecule has 3 rings (SSSR count). The molecule has 0 radical (unpaired) electrons. The first kappa shape index (κ1) is 13.9. The van der Waals surface area contributed by atoms with E-state index in [0.717, 1.165) is 5.56 Å². The molecule has 5 nitrogen and oxygen atoms in total. The monoisotopic (exact) mass is 297 g/mol. The van der Waals surface area contributed by atoms with Crippen LogP contribution < -0.4 is 10.3 Å². The molecule has 1 N–H and O–H groups in total. The summed E-state index contributed by atoms with van der Waals surface area (Å²) in [4.78, 5) is 22.9. The average Bonchev–Trinajstić information content (AvgIpc) is 2.54. The van der Waals surface area contributed by atoms with Crippen molar-refractivity contribution in [3.8, 4) is 5.75 Å². The summed E-state index contributed by atoms with van der Waals surface area (Å²) in [6, 6.07) is 6.10. The minimum Gasteiger partial charge on any atom is -0.494 e. The van der Waals surface area contributed by atoms with Crippen molar-refractivity contribution in [2.75, 3.05) is 7.11 Å². The molecule has 0 saturated heterocycles. The number of benzene rings is 1. The molecule has 0 aliphatic carbocycles. The van der Waals surface area contributed by atoms with Crippen LogP contribution in [0.2, 0.25) is 0 Å². The maximum Gasteiger partial charge on any atom is 0.259 e. The molecule has 0 aliphatic heterocycles. The summed E-state index contributed by atoms with van der Waals surface area (Å²) in [6.07, 6.45) is 6.42. The van der Waals surface area contributed by atoms with Gasteiger partial charge in [0.15, 0.2) is 11.6 Å². The largest absolute Gasteiger partial charge is 0.494 e. The van der Waals surface area contributed by atoms with Gasteiger partial charge in [0, 0.05) is 6.20 Å². The van der Waals surface area contributed by atoms with E-state index in [-0.39, 0.29) is 11.3 Å². The van der Waals surface area contributed by atoms with E-state index in [2.05, 4.69) is 15.0 Å². The zero-order valence-corrected chi connectivity index (χ0v) is 11.7. The van der Waals surface area contributed by atoms with Gasteiger partial charge >= 0.3 is 0 Å². The first-order chi connectivity index (χ1) is 10.7. The fraction of sp³-hybridized carbons (Fsp3) is 0.0625. The lowest BCUT2D eigenvalue weighted by molar-refractivity contribution is 0.386. The van der Waals surface area contributed by atoms with Crippen molar-refractivity contribution in [3.05, 3.63) is 64.2 Å². The van der Waals surface area contributed by atoms with Gasteiger partial charge in [-0.15, -0.1) is 0 Å². The highest BCUT2D eigenvalue weighted by molar-refractivity contribution is 5.78. The molecular formula is C16H12FN3O2. The molecule has 0 spiro atoms. The Morgan fingerprint density at radius 3 is 2.95 bits per heavy atom. The van der Waals surface area contributed by atoms with Crippen LogP contribution in [0.5, 0.6) is 5.75 Å². The van der Waals surface area contributed by atoms with Crippen molar-refractivity contribution < 1.29 is 9.13 Å². The van der Waals surface area contributed by atoms with Crippen LogP contribution in [-0.4, -0.2) is 22.1 Å². The van der Waals surface area contributed by atoms with E-state index in [9.17, 15) is 9.18 Å². The summed E-state index contributed by atoms with van der Waals surface area (Å²) in [5, 5.41) is 0.482. The lowest BCUT2D eigenvalue weighted by Gasteiger charge is -2.02. The van der Waals surface area contributed by atoms with Crippen LogP contribution in [0.3, 0.4) is 0 Å². The number of H-pyrrole nitrogens is 1. The fourth-order valence-corrected chi connectivity index (χ4v) is 2.04. The molecule has 110 valence electrons. The van der Waals surface area contributed by atoms with Crippen LogP contribution in [0.25, 0.3) is 23.1 Å².